The summed E-state index contributed by atoms with van der Waals surface area (Å²) in [4.78, 5) is 17.1. The van der Waals surface area contributed by atoms with Crippen molar-refractivity contribution in [2.75, 3.05) is 0 Å². The first kappa shape index (κ1) is 15.4. The number of hydrogen-bond acceptors (Lipinski definition) is 4. The molecule has 1 amide bonds. The molecular weight excluding hydrogens is 270 g/mol. The maximum Gasteiger partial charge on any atom is 0.223 e. The molecule has 3 N–H and O–H groups in total. The third-order valence-corrected chi connectivity index (χ3v) is 5.51. The van der Waals surface area contributed by atoms with E-state index in [9.17, 15) is 4.79 Å². The van der Waals surface area contributed by atoms with Crippen LogP contribution in [0.3, 0.4) is 0 Å². The minimum atomic E-state index is -0.364. The van der Waals surface area contributed by atoms with E-state index in [0.29, 0.717) is 0 Å². The monoisotopic (exact) mass is 295 g/mol. The van der Waals surface area contributed by atoms with E-state index in [4.69, 9.17) is 5.73 Å². The van der Waals surface area contributed by atoms with Crippen LogP contribution in [0.5, 0.6) is 0 Å². The van der Waals surface area contributed by atoms with Crippen molar-refractivity contribution in [1.82, 2.24) is 10.3 Å². The molecule has 3 unspecified atom stereocenters. The van der Waals surface area contributed by atoms with Gasteiger partial charge in [0.2, 0.25) is 5.91 Å². The molecule has 0 aromatic carbocycles. The van der Waals surface area contributed by atoms with Gasteiger partial charge in [-0.05, 0) is 39.5 Å². The van der Waals surface area contributed by atoms with Crippen LogP contribution in [0.1, 0.15) is 56.7 Å². The third kappa shape index (κ3) is 3.38. The molecule has 5 heteroatoms. The molecule has 1 aliphatic rings. The van der Waals surface area contributed by atoms with Gasteiger partial charge in [-0.2, -0.15) is 0 Å². The number of amides is 1. The van der Waals surface area contributed by atoms with Gasteiger partial charge in [0.15, 0.2) is 0 Å². The molecule has 1 heterocycles. The smallest absolute Gasteiger partial charge is 0.223 e. The number of rotatable bonds is 4. The summed E-state index contributed by atoms with van der Waals surface area (Å²) in [5.41, 5.74) is 6.63. The van der Waals surface area contributed by atoms with Crippen LogP contribution in [0.15, 0.2) is 5.38 Å². The summed E-state index contributed by atoms with van der Waals surface area (Å²) in [6.07, 6.45) is 4.70. The van der Waals surface area contributed by atoms with Crippen molar-refractivity contribution >= 4 is 17.2 Å². The Kier molecular flexibility index (Phi) is 4.81. The Balaban J connectivity index is 2.07. The molecule has 0 aliphatic heterocycles. The molecule has 3 atom stereocenters. The summed E-state index contributed by atoms with van der Waals surface area (Å²) in [6.45, 7) is 6.13. The molecular formula is C15H25N3OS. The van der Waals surface area contributed by atoms with Crippen LogP contribution in [0.2, 0.25) is 0 Å². The average Bonchev–Trinajstić information content (AvgIpc) is 2.86. The Morgan fingerprint density at radius 2 is 2.35 bits per heavy atom. The molecule has 1 fully saturated rings. The normalized spacial score (nSPS) is 26.0. The Hall–Kier alpha value is -0.940. The van der Waals surface area contributed by atoms with Gasteiger partial charge in [0.25, 0.3) is 0 Å². The Labute approximate surface area is 125 Å². The number of carbonyl (C=O) groups is 1. The van der Waals surface area contributed by atoms with E-state index in [1.54, 1.807) is 11.3 Å². The van der Waals surface area contributed by atoms with Crippen molar-refractivity contribution in [3.8, 4) is 0 Å². The fourth-order valence-corrected chi connectivity index (χ4v) is 3.73. The van der Waals surface area contributed by atoms with E-state index in [1.165, 1.54) is 0 Å². The molecule has 1 aromatic rings. The number of nitrogens with two attached hydrogens (primary N) is 1. The topological polar surface area (TPSA) is 68.0 Å². The average molecular weight is 295 g/mol. The number of nitrogens with zero attached hydrogens (tertiary/aromatic N) is 1. The first-order chi connectivity index (χ1) is 9.44. The predicted molar refractivity (Wildman–Crippen MR) is 82.6 cm³/mol. The number of carbonyl (C=O) groups excluding carboxylic acids is 1. The lowest BCUT2D eigenvalue weighted by atomic mass is 9.85. The first-order valence-electron chi connectivity index (χ1n) is 7.45. The van der Waals surface area contributed by atoms with Crippen LogP contribution in [0.25, 0.3) is 0 Å². The predicted octanol–water partition coefficient (Wildman–Crippen LogP) is 2.71. The standard InChI is InChI=1S/C15H25N3OS/c1-4-15(3,14-17-10(2)9-20-14)18-13(19)11-6-5-7-12(16)8-11/h9,11-12H,4-8,16H2,1-3H3,(H,18,19). The van der Waals surface area contributed by atoms with Crippen molar-refractivity contribution in [2.24, 2.45) is 11.7 Å². The van der Waals surface area contributed by atoms with E-state index in [0.717, 1.165) is 42.8 Å². The second kappa shape index (κ2) is 6.22. The number of hydrogen-bond donors (Lipinski definition) is 2. The third-order valence-electron chi connectivity index (χ3n) is 4.28. The van der Waals surface area contributed by atoms with Gasteiger partial charge < -0.3 is 11.1 Å². The van der Waals surface area contributed by atoms with Crippen LogP contribution in [-0.2, 0) is 10.3 Å². The zero-order chi connectivity index (χ0) is 14.8. The molecule has 0 radical (unpaired) electrons. The summed E-state index contributed by atoms with van der Waals surface area (Å²) in [7, 11) is 0. The molecule has 0 saturated heterocycles. The van der Waals surface area contributed by atoms with Gasteiger partial charge in [-0.15, -0.1) is 11.3 Å². The number of thiazole rings is 1. The molecule has 1 aromatic heterocycles. The van der Waals surface area contributed by atoms with Gasteiger partial charge >= 0.3 is 0 Å². The van der Waals surface area contributed by atoms with E-state index >= 15 is 0 Å². The van der Waals surface area contributed by atoms with Gasteiger partial charge in [-0.1, -0.05) is 13.3 Å². The van der Waals surface area contributed by atoms with Crippen LogP contribution in [0, 0.1) is 12.8 Å². The highest BCUT2D eigenvalue weighted by Gasteiger charge is 2.33. The molecule has 1 aliphatic carbocycles. The minimum absolute atomic E-state index is 0.0608. The van der Waals surface area contributed by atoms with E-state index in [-0.39, 0.29) is 23.4 Å². The highest BCUT2D eigenvalue weighted by atomic mass is 32.1. The Morgan fingerprint density at radius 3 is 2.90 bits per heavy atom. The summed E-state index contributed by atoms with van der Waals surface area (Å²) in [5, 5.41) is 6.24. The van der Waals surface area contributed by atoms with Crippen molar-refractivity contribution in [3.63, 3.8) is 0 Å². The minimum Gasteiger partial charge on any atom is -0.344 e. The number of nitrogens with one attached hydrogen (secondary N) is 1. The largest absolute Gasteiger partial charge is 0.344 e. The fraction of sp³-hybridized carbons (Fsp3) is 0.733. The summed E-state index contributed by atoms with van der Waals surface area (Å²) < 4.78 is 0. The molecule has 20 heavy (non-hydrogen) atoms. The fourth-order valence-electron chi connectivity index (χ4n) is 2.74. The lowest BCUT2D eigenvalue weighted by Gasteiger charge is -2.32. The van der Waals surface area contributed by atoms with Gasteiger partial charge in [0, 0.05) is 23.0 Å². The molecule has 1 saturated carbocycles. The summed E-state index contributed by atoms with van der Waals surface area (Å²) >= 11 is 1.62. The first-order valence-corrected chi connectivity index (χ1v) is 8.33. The molecule has 112 valence electrons. The van der Waals surface area contributed by atoms with Crippen LogP contribution >= 0.6 is 11.3 Å². The van der Waals surface area contributed by atoms with Crippen molar-refractivity contribution in [1.29, 1.82) is 0 Å². The van der Waals surface area contributed by atoms with Crippen molar-refractivity contribution in [3.05, 3.63) is 16.1 Å². The van der Waals surface area contributed by atoms with Crippen molar-refractivity contribution < 1.29 is 4.79 Å². The second-order valence-corrected chi connectivity index (χ2v) is 6.95. The van der Waals surface area contributed by atoms with Crippen LogP contribution in [0.4, 0.5) is 0 Å². The Bertz CT molecular complexity index is 473. The second-order valence-electron chi connectivity index (χ2n) is 6.09. The summed E-state index contributed by atoms with van der Waals surface area (Å²) in [6, 6.07) is 0.175. The van der Waals surface area contributed by atoms with Crippen LogP contribution in [-0.4, -0.2) is 16.9 Å². The lowest BCUT2D eigenvalue weighted by molar-refractivity contribution is -0.128. The SMILES string of the molecule is CCC(C)(NC(=O)C1CCCC(N)C1)c1nc(C)cs1. The zero-order valence-electron chi connectivity index (χ0n) is 12.6. The Morgan fingerprint density at radius 1 is 1.60 bits per heavy atom. The quantitative estimate of drug-likeness (QED) is 0.897. The van der Waals surface area contributed by atoms with E-state index in [2.05, 4.69) is 24.1 Å². The summed E-state index contributed by atoms with van der Waals surface area (Å²) in [5.74, 6) is 0.197. The number of aromatic nitrogens is 1. The van der Waals surface area contributed by atoms with E-state index < -0.39 is 0 Å². The van der Waals surface area contributed by atoms with Gasteiger partial charge in [0.05, 0.1) is 5.54 Å². The van der Waals surface area contributed by atoms with Crippen molar-refractivity contribution in [2.45, 2.75) is 64.5 Å². The van der Waals surface area contributed by atoms with E-state index in [1.807, 2.05) is 12.3 Å². The van der Waals surface area contributed by atoms with Gasteiger partial charge in [-0.25, -0.2) is 4.98 Å². The zero-order valence-corrected chi connectivity index (χ0v) is 13.4. The molecule has 2 rings (SSSR count). The molecule has 4 nitrogen and oxygen atoms in total. The van der Waals surface area contributed by atoms with Gasteiger partial charge in [0.1, 0.15) is 5.01 Å². The van der Waals surface area contributed by atoms with Crippen LogP contribution < -0.4 is 11.1 Å². The maximum atomic E-state index is 12.5. The highest BCUT2D eigenvalue weighted by Crippen LogP contribution is 2.30. The number of aryl methyl sites for hydroxylation is 1. The highest BCUT2D eigenvalue weighted by molar-refractivity contribution is 7.09. The lowest BCUT2D eigenvalue weighted by Crippen LogP contribution is -2.47. The molecule has 0 spiro atoms. The van der Waals surface area contributed by atoms with Gasteiger partial charge in [-0.3, -0.25) is 4.79 Å². The molecule has 0 bridgehead atoms. The maximum absolute atomic E-state index is 12.5.